The molecule has 2 heterocycles. The standard InChI is InChI=1S/C28H44O2S2/c1-5-7-9-11-13-15-17-29-25-23-19-21(3)31-27(23)28-24(20-22(4)32-28)26(25)30-18-16-14-12-10-8-6-2/h19,22H,5-18,20H2,1-4H3. The maximum atomic E-state index is 6.53. The Bertz CT molecular complexity index is 827. The summed E-state index contributed by atoms with van der Waals surface area (Å²) in [5.74, 6) is 2.08. The lowest BCUT2D eigenvalue weighted by Gasteiger charge is -2.18. The highest BCUT2D eigenvalue weighted by Gasteiger charge is 2.30. The number of ether oxygens (including phenoxy) is 2. The van der Waals surface area contributed by atoms with Gasteiger partial charge in [0.15, 0.2) is 11.5 Å². The maximum Gasteiger partial charge on any atom is 0.170 e. The third-order valence-electron chi connectivity index (χ3n) is 6.36. The van der Waals surface area contributed by atoms with E-state index in [1.807, 2.05) is 23.1 Å². The molecule has 1 atom stereocenters. The van der Waals surface area contributed by atoms with Gasteiger partial charge in [0.2, 0.25) is 0 Å². The Hall–Kier alpha value is -0.870. The minimum absolute atomic E-state index is 0.612. The Morgan fingerprint density at radius 1 is 0.812 bits per heavy atom. The molecule has 3 rings (SSSR count). The van der Waals surface area contributed by atoms with Crippen LogP contribution < -0.4 is 9.47 Å². The molecule has 1 aromatic carbocycles. The molecule has 1 unspecified atom stereocenters. The molecule has 0 spiro atoms. The first-order valence-electron chi connectivity index (χ1n) is 13.2. The first kappa shape index (κ1) is 25.7. The van der Waals surface area contributed by atoms with Gasteiger partial charge in [-0.05, 0) is 32.3 Å². The zero-order valence-electron chi connectivity index (χ0n) is 20.9. The van der Waals surface area contributed by atoms with Crippen LogP contribution in [0.5, 0.6) is 11.5 Å². The molecule has 180 valence electrons. The van der Waals surface area contributed by atoms with Crippen molar-refractivity contribution in [3.8, 4) is 11.5 Å². The molecule has 0 amide bonds. The van der Waals surface area contributed by atoms with Crippen molar-refractivity contribution in [3.05, 3.63) is 16.5 Å². The average molecular weight is 477 g/mol. The van der Waals surface area contributed by atoms with Gasteiger partial charge in [0.05, 0.1) is 17.9 Å². The van der Waals surface area contributed by atoms with Crippen molar-refractivity contribution in [1.82, 2.24) is 0 Å². The van der Waals surface area contributed by atoms with E-state index in [0.29, 0.717) is 5.25 Å². The van der Waals surface area contributed by atoms with Crippen LogP contribution in [0.2, 0.25) is 0 Å². The fourth-order valence-corrected chi connectivity index (χ4v) is 7.03. The summed E-state index contributed by atoms with van der Waals surface area (Å²) in [7, 11) is 0. The van der Waals surface area contributed by atoms with Gasteiger partial charge in [-0.25, -0.2) is 0 Å². The normalized spacial score (nSPS) is 15.4. The highest BCUT2D eigenvalue weighted by atomic mass is 32.2. The first-order valence-corrected chi connectivity index (χ1v) is 14.9. The van der Waals surface area contributed by atoms with Crippen molar-refractivity contribution in [2.75, 3.05) is 13.2 Å². The quantitative estimate of drug-likeness (QED) is 0.225. The van der Waals surface area contributed by atoms with Crippen LogP contribution in [0.3, 0.4) is 0 Å². The summed E-state index contributed by atoms with van der Waals surface area (Å²) in [6, 6.07) is 2.32. The van der Waals surface area contributed by atoms with Crippen molar-refractivity contribution in [1.29, 1.82) is 0 Å². The zero-order chi connectivity index (χ0) is 22.8. The van der Waals surface area contributed by atoms with Crippen molar-refractivity contribution in [2.45, 2.75) is 121 Å². The van der Waals surface area contributed by atoms with E-state index < -0.39 is 0 Å². The van der Waals surface area contributed by atoms with Crippen LogP contribution >= 0.6 is 23.1 Å². The van der Waals surface area contributed by atoms with Crippen molar-refractivity contribution >= 4 is 33.2 Å². The monoisotopic (exact) mass is 476 g/mol. The van der Waals surface area contributed by atoms with E-state index >= 15 is 0 Å². The van der Waals surface area contributed by atoms with E-state index in [1.165, 1.54) is 89.6 Å². The number of hydrogen-bond donors (Lipinski definition) is 0. The lowest BCUT2D eigenvalue weighted by Crippen LogP contribution is -2.06. The molecule has 0 saturated heterocycles. The third-order valence-corrected chi connectivity index (χ3v) is 8.81. The van der Waals surface area contributed by atoms with Crippen LogP contribution in [-0.2, 0) is 6.42 Å². The van der Waals surface area contributed by atoms with E-state index in [4.69, 9.17) is 9.47 Å². The molecule has 0 N–H and O–H groups in total. The van der Waals surface area contributed by atoms with Crippen LogP contribution in [0.15, 0.2) is 11.0 Å². The SMILES string of the molecule is CCCCCCCCOc1c2c(c3sc(C)cc3c1OCCCCCCCC)SC(C)C2. The summed E-state index contributed by atoms with van der Waals surface area (Å²) in [6.45, 7) is 10.7. The third kappa shape index (κ3) is 7.06. The molecule has 2 aromatic rings. The first-order chi connectivity index (χ1) is 15.7. The molecule has 32 heavy (non-hydrogen) atoms. The molecule has 0 fully saturated rings. The van der Waals surface area contributed by atoms with E-state index in [2.05, 4.69) is 33.8 Å². The summed E-state index contributed by atoms with van der Waals surface area (Å²) < 4.78 is 14.5. The van der Waals surface area contributed by atoms with E-state index in [-0.39, 0.29) is 0 Å². The predicted octanol–water partition coefficient (Wildman–Crippen LogP) is 9.73. The number of benzene rings is 1. The Morgan fingerprint density at radius 3 is 2.00 bits per heavy atom. The van der Waals surface area contributed by atoms with Gasteiger partial charge in [-0.15, -0.1) is 23.1 Å². The molecule has 1 aromatic heterocycles. The minimum Gasteiger partial charge on any atom is -0.489 e. The topological polar surface area (TPSA) is 18.5 Å². The average Bonchev–Trinajstić information content (AvgIpc) is 3.35. The van der Waals surface area contributed by atoms with Gasteiger partial charge in [0, 0.05) is 26.0 Å². The second-order valence-corrected chi connectivity index (χ2v) is 12.1. The molecule has 2 nitrogen and oxygen atoms in total. The van der Waals surface area contributed by atoms with Gasteiger partial charge in [0.25, 0.3) is 0 Å². The fourth-order valence-electron chi connectivity index (χ4n) is 4.60. The van der Waals surface area contributed by atoms with Crippen LogP contribution in [0.1, 0.15) is 108 Å². The predicted molar refractivity (Wildman–Crippen MR) is 143 cm³/mol. The molecule has 0 radical (unpaired) electrons. The molecule has 1 aliphatic heterocycles. The van der Waals surface area contributed by atoms with Crippen LogP contribution in [-0.4, -0.2) is 18.5 Å². The van der Waals surface area contributed by atoms with Gasteiger partial charge in [0.1, 0.15) is 0 Å². The molecular formula is C28H44O2S2. The number of fused-ring (bicyclic) bond motifs is 3. The lowest BCUT2D eigenvalue weighted by atomic mass is 10.1. The molecule has 0 bridgehead atoms. The van der Waals surface area contributed by atoms with Crippen LogP contribution in [0.4, 0.5) is 0 Å². The van der Waals surface area contributed by atoms with Gasteiger partial charge in [-0.1, -0.05) is 85.0 Å². The van der Waals surface area contributed by atoms with Crippen molar-refractivity contribution in [2.24, 2.45) is 0 Å². The fraction of sp³-hybridized carbons (Fsp3) is 0.714. The number of rotatable bonds is 16. The summed E-state index contributed by atoms with van der Waals surface area (Å²) in [4.78, 5) is 2.82. The van der Waals surface area contributed by atoms with Gasteiger partial charge in [-0.3, -0.25) is 0 Å². The minimum atomic E-state index is 0.612. The van der Waals surface area contributed by atoms with Crippen molar-refractivity contribution in [3.63, 3.8) is 0 Å². The van der Waals surface area contributed by atoms with Gasteiger partial charge >= 0.3 is 0 Å². The molecular weight excluding hydrogens is 432 g/mol. The Morgan fingerprint density at radius 2 is 1.38 bits per heavy atom. The van der Waals surface area contributed by atoms with Crippen molar-refractivity contribution < 1.29 is 9.47 Å². The van der Waals surface area contributed by atoms with E-state index in [1.54, 1.807) is 0 Å². The molecule has 0 aliphatic carbocycles. The Balaban J connectivity index is 1.71. The largest absolute Gasteiger partial charge is 0.489 e. The van der Waals surface area contributed by atoms with Crippen LogP contribution in [0, 0.1) is 6.92 Å². The van der Waals surface area contributed by atoms with Gasteiger partial charge in [-0.2, -0.15) is 0 Å². The molecule has 0 saturated carbocycles. The lowest BCUT2D eigenvalue weighted by molar-refractivity contribution is 0.258. The molecule has 4 heteroatoms. The summed E-state index contributed by atoms with van der Waals surface area (Å²) in [5.41, 5.74) is 1.40. The van der Waals surface area contributed by atoms with Crippen LogP contribution in [0.25, 0.3) is 10.1 Å². The second-order valence-electron chi connectivity index (χ2n) is 9.43. The number of hydrogen-bond acceptors (Lipinski definition) is 4. The number of unbranched alkanes of at least 4 members (excludes halogenated alkanes) is 10. The number of thiophene rings is 1. The Labute approximate surface area is 204 Å². The molecule has 1 aliphatic rings. The van der Waals surface area contributed by atoms with E-state index in [9.17, 15) is 0 Å². The van der Waals surface area contributed by atoms with Gasteiger partial charge < -0.3 is 9.47 Å². The number of thioether (sulfide) groups is 1. The number of aryl methyl sites for hydroxylation is 1. The summed E-state index contributed by atoms with van der Waals surface area (Å²) in [6.07, 6.45) is 16.6. The second kappa shape index (κ2) is 13.7. The highest BCUT2D eigenvalue weighted by Crippen LogP contribution is 2.53. The summed E-state index contributed by atoms with van der Waals surface area (Å²) in [5, 5.41) is 1.89. The zero-order valence-corrected chi connectivity index (χ0v) is 22.5. The smallest absolute Gasteiger partial charge is 0.170 e. The highest BCUT2D eigenvalue weighted by molar-refractivity contribution is 8.00. The van der Waals surface area contributed by atoms with E-state index in [0.717, 1.165) is 44.0 Å². The Kier molecular flexibility index (Phi) is 11.1. The summed E-state index contributed by atoms with van der Waals surface area (Å²) >= 11 is 3.94. The maximum absolute atomic E-state index is 6.53.